The summed E-state index contributed by atoms with van der Waals surface area (Å²) in [6, 6.07) is 11.1. The van der Waals surface area contributed by atoms with Gasteiger partial charge in [0.05, 0.1) is 23.2 Å². The highest BCUT2D eigenvalue weighted by atomic mass is 19.4. The first-order valence-electron chi connectivity index (χ1n) is 14.9. The van der Waals surface area contributed by atoms with Gasteiger partial charge in [0.15, 0.2) is 0 Å². The highest BCUT2D eigenvalue weighted by molar-refractivity contribution is 5.82. The number of nitrogens with two attached hydrogens (primary N) is 1. The summed E-state index contributed by atoms with van der Waals surface area (Å²) in [5.41, 5.74) is -1.36. The highest BCUT2D eigenvalue weighted by Crippen LogP contribution is 2.37. The van der Waals surface area contributed by atoms with E-state index in [0.717, 1.165) is 58.8 Å². The van der Waals surface area contributed by atoms with Crippen LogP contribution in [0.15, 0.2) is 48.5 Å². The maximum Gasteiger partial charge on any atom is 0.416 e. The van der Waals surface area contributed by atoms with E-state index in [1.807, 2.05) is 51.1 Å². The molecule has 44 heavy (non-hydrogen) atoms. The SMILES string of the molecule is CC.CCN(CC1CCCC1)c1nc2ccccc2cc1CN(CC(=N)N(C)N)Cc1cc(C(F)(F)F)cc(C(F)(F)F)c1. The normalized spacial score (nSPS) is 14.1. The summed E-state index contributed by atoms with van der Waals surface area (Å²) in [5.74, 6) is 6.96. The van der Waals surface area contributed by atoms with Gasteiger partial charge in [0.25, 0.3) is 0 Å². The van der Waals surface area contributed by atoms with Gasteiger partial charge in [-0.05, 0) is 61.6 Å². The first-order valence-corrected chi connectivity index (χ1v) is 14.9. The van der Waals surface area contributed by atoms with E-state index in [1.54, 1.807) is 4.90 Å². The largest absolute Gasteiger partial charge is 0.416 e. The summed E-state index contributed by atoms with van der Waals surface area (Å²) in [6.07, 6.45) is -5.30. The van der Waals surface area contributed by atoms with Crippen LogP contribution < -0.4 is 10.7 Å². The van der Waals surface area contributed by atoms with E-state index < -0.39 is 23.5 Å². The van der Waals surface area contributed by atoms with Crippen molar-refractivity contribution in [3.8, 4) is 0 Å². The minimum absolute atomic E-state index is 0.0494. The predicted octanol–water partition coefficient (Wildman–Crippen LogP) is 8.10. The molecular weight excluding hydrogens is 582 g/mol. The third kappa shape index (κ3) is 9.31. The molecule has 3 aromatic rings. The molecule has 0 amide bonds. The molecule has 0 saturated heterocycles. The van der Waals surface area contributed by atoms with Gasteiger partial charge in [0.2, 0.25) is 0 Å². The molecule has 0 spiro atoms. The summed E-state index contributed by atoms with van der Waals surface area (Å²) in [4.78, 5) is 8.79. The summed E-state index contributed by atoms with van der Waals surface area (Å²) in [7, 11) is 1.45. The number of halogens is 6. The van der Waals surface area contributed by atoms with Crippen molar-refractivity contribution < 1.29 is 26.3 Å². The number of amidine groups is 1. The molecule has 0 atom stereocenters. The molecule has 1 fully saturated rings. The molecule has 1 heterocycles. The first kappa shape index (κ1) is 35.1. The smallest absolute Gasteiger partial charge is 0.356 e. The second-order valence-corrected chi connectivity index (χ2v) is 11.0. The van der Waals surface area contributed by atoms with Crippen molar-refractivity contribution >= 4 is 22.6 Å². The number of para-hydroxylation sites is 1. The Bertz CT molecular complexity index is 1350. The maximum absolute atomic E-state index is 13.6. The van der Waals surface area contributed by atoms with Gasteiger partial charge in [-0.15, -0.1) is 0 Å². The summed E-state index contributed by atoms with van der Waals surface area (Å²) in [6.45, 7) is 7.27. The number of hydrogen-bond donors (Lipinski definition) is 2. The Hall–Kier alpha value is -3.38. The Kier molecular flexibility index (Phi) is 12.0. The van der Waals surface area contributed by atoms with Crippen molar-refractivity contribution in [3.05, 3.63) is 70.8 Å². The zero-order valence-electron chi connectivity index (χ0n) is 25.7. The van der Waals surface area contributed by atoms with Crippen LogP contribution in [-0.4, -0.2) is 47.4 Å². The van der Waals surface area contributed by atoms with Crippen molar-refractivity contribution in [1.82, 2.24) is 14.9 Å². The van der Waals surface area contributed by atoms with E-state index in [4.69, 9.17) is 16.2 Å². The van der Waals surface area contributed by atoms with Gasteiger partial charge in [0.1, 0.15) is 11.7 Å². The van der Waals surface area contributed by atoms with Gasteiger partial charge in [-0.2, -0.15) is 26.3 Å². The van der Waals surface area contributed by atoms with E-state index >= 15 is 0 Å². The lowest BCUT2D eigenvalue weighted by Gasteiger charge is -2.31. The van der Waals surface area contributed by atoms with Gasteiger partial charge in [-0.3, -0.25) is 10.3 Å². The third-order valence-corrected chi connectivity index (χ3v) is 7.66. The van der Waals surface area contributed by atoms with Crippen LogP contribution >= 0.6 is 0 Å². The van der Waals surface area contributed by atoms with Crippen LogP contribution in [0.3, 0.4) is 0 Å². The number of benzene rings is 2. The van der Waals surface area contributed by atoms with Gasteiger partial charge in [-0.1, -0.05) is 44.9 Å². The minimum Gasteiger partial charge on any atom is -0.356 e. The number of likely N-dealkylation sites (N-methyl/N-ethyl adjacent to an activating group) is 1. The number of pyridine rings is 1. The van der Waals surface area contributed by atoms with E-state index in [1.165, 1.54) is 19.9 Å². The van der Waals surface area contributed by atoms with Crippen molar-refractivity contribution in [2.45, 2.75) is 71.9 Å². The number of nitrogens with zero attached hydrogens (tertiary/aromatic N) is 4. The lowest BCUT2D eigenvalue weighted by molar-refractivity contribution is -0.143. The van der Waals surface area contributed by atoms with Gasteiger partial charge in [0, 0.05) is 44.2 Å². The molecule has 1 aliphatic rings. The Morgan fingerprint density at radius 3 is 2.07 bits per heavy atom. The van der Waals surface area contributed by atoms with Crippen molar-refractivity contribution in [2.24, 2.45) is 11.8 Å². The zero-order chi connectivity index (χ0) is 32.7. The Labute approximate surface area is 255 Å². The standard InChI is InChI=1S/C30H36F6N6.C2H6/c1-3-42(17-20-8-4-5-9-20)28-23(14-22-10-6-7-11-26(22)39-28)18-41(19-27(37)40(2)38)16-21-12-24(29(31,32)33)15-25(13-21)30(34,35)36;1-2/h6-7,10-15,20,37H,3-5,8-9,16-19,38H2,1-2H3;1-2H3. The highest BCUT2D eigenvalue weighted by Gasteiger charge is 2.37. The van der Waals surface area contributed by atoms with Gasteiger partial charge in [-0.25, -0.2) is 10.8 Å². The number of fused-ring (bicyclic) bond motifs is 1. The van der Waals surface area contributed by atoms with Gasteiger partial charge < -0.3 is 9.91 Å². The van der Waals surface area contributed by atoms with Crippen molar-refractivity contribution in [3.63, 3.8) is 0 Å². The summed E-state index contributed by atoms with van der Waals surface area (Å²) < 4.78 is 81.5. The monoisotopic (exact) mass is 624 g/mol. The second kappa shape index (κ2) is 15.1. The van der Waals surface area contributed by atoms with Crippen LogP contribution in [0.5, 0.6) is 0 Å². The van der Waals surface area contributed by atoms with Crippen molar-refractivity contribution in [2.75, 3.05) is 31.6 Å². The molecule has 3 N–H and O–H groups in total. The zero-order valence-corrected chi connectivity index (χ0v) is 25.7. The Morgan fingerprint density at radius 1 is 0.932 bits per heavy atom. The van der Waals surface area contributed by atoms with Crippen LogP contribution in [0.4, 0.5) is 32.2 Å². The molecule has 0 bridgehead atoms. The molecule has 242 valence electrons. The number of anilines is 1. The molecular formula is C32H42F6N6. The molecule has 2 aromatic carbocycles. The predicted molar refractivity (Wildman–Crippen MR) is 163 cm³/mol. The molecule has 0 unspecified atom stereocenters. The number of hydrazine groups is 1. The van der Waals surface area contributed by atoms with Crippen LogP contribution in [-0.2, 0) is 25.4 Å². The van der Waals surface area contributed by atoms with Crippen LogP contribution in [0.2, 0.25) is 0 Å². The molecule has 1 aromatic heterocycles. The minimum atomic E-state index is -4.96. The molecule has 0 aliphatic heterocycles. The van der Waals surface area contributed by atoms with Crippen LogP contribution in [0, 0.1) is 11.3 Å². The van der Waals surface area contributed by atoms with E-state index in [2.05, 4.69) is 4.90 Å². The second-order valence-electron chi connectivity index (χ2n) is 11.0. The lowest BCUT2D eigenvalue weighted by Crippen LogP contribution is -2.41. The fourth-order valence-corrected chi connectivity index (χ4v) is 5.51. The average molecular weight is 625 g/mol. The average Bonchev–Trinajstić information content (AvgIpc) is 3.49. The van der Waals surface area contributed by atoms with Gasteiger partial charge >= 0.3 is 12.4 Å². The van der Waals surface area contributed by atoms with Crippen LogP contribution in [0.25, 0.3) is 10.9 Å². The molecule has 0 radical (unpaired) electrons. The summed E-state index contributed by atoms with van der Waals surface area (Å²) >= 11 is 0. The Morgan fingerprint density at radius 2 is 1.52 bits per heavy atom. The maximum atomic E-state index is 13.6. The van der Waals surface area contributed by atoms with Crippen molar-refractivity contribution in [1.29, 1.82) is 5.41 Å². The molecule has 1 saturated carbocycles. The third-order valence-electron chi connectivity index (χ3n) is 7.66. The van der Waals surface area contributed by atoms with E-state index in [0.29, 0.717) is 12.5 Å². The summed E-state index contributed by atoms with van der Waals surface area (Å²) in [5, 5.41) is 10.2. The molecule has 1 aliphatic carbocycles. The van der Waals surface area contributed by atoms with E-state index in [-0.39, 0.29) is 37.1 Å². The quantitative estimate of drug-likeness (QED) is 0.0784. The molecule has 6 nitrogen and oxygen atoms in total. The molecule has 4 rings (SSSR count). The fourth-order valence-electron chi connectivity index (χ4n) is 5.51. The number of hydrogen-bond acceptors (Lipinski definition) is 5. The van der Waals surface area contributed by atoms with Crippen LogP contribution in [0.1, 0.15) is 68.7 Å². The number of nitrogens with one attached hydrogen (secondary N) is 1. The topological polar surface area (TPSA) is 72.5 Å². The number of alkyl halides is 6. The first-order chi connectivity index (χ1) is 20.7. The lowest BCUT2D eigenvalue weighted by atomic mass is 10.0. The van der Waals surface area contributed by atoms with E-state index in [9.17, 15) is 26.3 Å². The molecule has 12 heteroatoms. The number of rotatable bonds is 10. The Balaban J connectivity index is 0.00000259. The number of aromatic nitrogens is 1. The fraction of sp³-hybridized carbons (Fsp3) is 0.500.